The van der Waals surface area contributed by atoms with Crippen LogP contribution >= 0.6 is 0 Å². The molecule has 23 heavy (non-hydrogen) atoms. The van der Waals surface area contributed by atoms with Gasteiger partial charge in [-0.2, -0.15) is 0 Å². The number of aryl methyl sites for hydroxylation is 2. The monoisotopic (exact) mass is 313 g/mol. The zero-order valence-electron chi connectivity index (χ0n) is 13.9. The van der Waals surface area contributed by atoms with Crippen LogP contribution in [0, 0.1) is 13.8 Å². The van der Waals surface area contributed by atoms with Crippen molar-refractivity contribution in [1.82, 2.24) is 0 Å². The smallest absolute Gasteiger partial charge is 0.262 e. The molecule has 4 heteroatoms. The summed E-state index contributed by atoms with van der Waals surface area (Å²) in [5, 5.41) is 2.91. The quantitative estimate of drug-likeness (QED) is 0.837. The van der Waals surface area contributed by atoms with E-state index in [-0.39, 0.29) is 12.5 Å². The lowest BCUT2D eigenvalue weighted by molar-refractivity contribution is -0.118. The van der Waals surface area contributed by atoms with Gasteiger partial charge < -0.3 is 14.8 Å². The third-order valence-electron chi connectivity index (χ3n) is 3.42. The van der Waals surface area contributed by atoms with Crippen molar-refractivity contribution in [3.8, 4) is 11.5 Å². The summed E-state index contributed by atoms with van der Waals surface area (Å²) in [6.45, 7) is 6.55. The molecule has 2 aromatic rings. The third-order valence-corrected chi connectivity index (χ3v) is 3.42. The van der Waals surface area contributed by atoms with Crippen LogP contribution in [0.5, 0.6) is 11.5 Å². The number of carbonyl (C=O) groups is 1. The van der Waals surface area contributed by atoms with Crippen LogP contribution in [-0.4, -0.2) is 19.1 Å². The molecule has 0 aliphatic heterocycles. The van der Waals surface area contributed by atoms with Crippen molar-refractivity contribution in [2.24, 2.45) is 0 Å². The number of rotatable bonds is 7. The number of amides is 1. The molecule has 0 atom stereocenters. The molecule has 2 rings (SSSR count). The Balaban J connectivity index is 1.97. The Morgan fingerprint density at radius 3 is 2.17 bits per heavy atom. The average Bonchev–Trinajstić information content (AvgIpc) is 2.55. The first kappa shape index (κ1) is 16.9. The van der Waals surface area contributed by atoms with E-state index < -0.39 is 0 Å². The Bertz CT molecular complexity index is 647. The SMILES string of the molecule is CCCOc1ccccc1OCC(=O)Nc1c(C)cccc1C. The van der Waals surface area contributed by atoms with Crippen molar-refractivity contribution in [1.29, 1.82) is 0 Å². The number of ether oxygens (including phenoxy) is 2. The van der Waals surface area contributed by atoms with E-state index in [1.54, 1.807) is 6.07 Å². The first-order chi connectivity index (χ1) is 11.1. The minimum absolute atomic E-state index is 0.0553. The highest BCUT2D eigenvalue weighted by Crippen LogP contribution is 2.26. The van der Waals surface area contributed by atoms with E-state index in [0.717, 1.165) is 23.2 Å². The van der Waals surface area contributed by atoms with Gasteiger partial charge in [0.2, 0.25) is 0 Å². The maximum absolute atomic E-state index is 12.1. The summed E-state index contributed by atoms with van der Waals surface area (Å²) in [5.74, 6) is 1.06. The van der Waals surface area contributed by atoms with Gasteiger partial charge in [-0.05, 0) is 43.5 Å². The first-order valence-electron chi connectivity index (χ1n) is 7.82. The average molecular weight is 313 g/mol. The largest absolute Gasteiger partial charge is 0.490 e. The molecule has 0 unspecified atom stereocenters. The predicted molar refractivity (Wildman–Crippen MR) is 92.3 cm³/mol. The van der Waals surface area contributed by atoms with E-state index in [1.807, 2.05) is 57.2 Å². The highest BCUT2D eigenvalue weighted by atomic mass is 16.5. The maximum atomic E-state index is 12.1. The lowest BCUT2D eigenvalue weighted by Crippen LogP contribution is -2.21. The molecule has 1 N–H and O–H groups in total. The summed E-state index contributed by atoms with van der Waals surface area (Å²) < 4.78 is 11.2. The minimum Gasteiger partial charge on any atom is -0.490 e. The lowest BCUT2D eigenvalue weighted by Gasteiger charge is -2.14. The fourth-order valence-electron chi connectivity index (χ4n) is 2.23. The summed E-state index contributed by atoms with van der Waals surface area (Å²) in [7, 11) is 0. The second-order valence-corrected chi connectivity index (χ2v) is 5.40. The van der Waals surface area contributed by atoms with Crippen LogP contribution in [0.1, 0.15) is 24.5 Å². The van der Waals surface area contributed by atoms with Gasteiger partial charge in [0, 0.05) is 5.69 Å². The minimum atomic E-state index is -0.187. The van der Waals surface area contributed by atoms with Crippen LogP contribution < -0.4 is 14.8 Å². The fourth-order valence-corrected chi connectivity index (χ4v) is 2.23. The standard InChI is InChI=1S/C19H23NO3/c1-4-12-22-16-10-5-6-11-17(16)23-13-18(21)20-19-14(2)8-7-9-15(19)3/h5-11H,4,12-13H2,1-3H3,(H,20,21). The van der Waals surface area contributed by atoms with E-state index in [0.29, 0.717) is 18.1 Å². The number of hydrogen-bond donors (Lipinski definition) is 1. The molecular formula is C19H23NO3. The first-order valence-corrected chi connectivity index (χ1v) is 7.82. The highest BCUT2D eigenvalue weighted by Gasteiger charge is 2.10. The van der Waals surface area contributed by atoms with Crippen LogP contribution in [0.3, 0.4) is 0 Å². The summed E-state index contributed by atoms with van der Waals surface area (Å²) in [5.41, 5.74) is 2.91. The number of para-hydroxylation sites is 3. The molecule has 1 amide bonds. The molecule has 0 radical (unpaired) electrons. The molecule has 4 nitrogen and oxygen atoms in total. The van der Waals surface area contributed by atoms with Crippen LogP contribution in [-0.2, 0) is 4.79 Å². The second kappa shape index (κ2) is 8.22. The Morgan fingerprint density at radius 2 is 1.57 bits per heavy atom. The van der Waals surface area contributed by atoms with Crippen molar-refractivity contribution in [2.45, 2.75) is 27.2 Å². The van der Waals surface area contributed by atoms with Gasteiger partial charge in [0.05, 0.1) is 6.61 Å². The van der Waals surface area contributed by atoms with Crippen LogP contribution in [0.2, 0.25) is 0 Å². The van der Waals surface area contributed by atoms with Gasteiger partial charge >= 0.3 is 0 Å². The molecule has 122 valence electrons. The molecule has 0 aliphatic carbocycles. The van der Waals surface area contributed by atoms with E-state index in [9.17, 15) is 4.79 Å². The van der Waals surface area contributed by atoms with Gasteiger partial charge in [-0.15, -0.1) is 0 Å². The maximum Gasteiger partial charge on any atom is 0.262 e. The van der Waals surface area contributed by atoms with Crippen molar-refractivity contribution in [2.75, 3.05) is 18.5 Å². The van der Waals surface area contributed by atoms with Gasteiger partial charge in [0.15, 0.2) is 18.1 Å². The molecule has 0 aliphatic rings. The Kier molecular flexibility index (Phi) is 6.03. The second-order valence-electron chi connectivity index (χ2n) is 5.40. The highest BCUT2D eigenvalue weighted by molar-refractivity contribution is 5.93. The van der Waals surface area contributed by atoms with Gasteiger partial charge in [-0.1, -0.05) is 37.3 Å². The topological polar surface area (TPSA) is 47.6 Å². The number of carbonyl (C=O) groups excluding carboxylic acids is 1. The summed E-state index contributed by atoms with van der Waals surface area (Å²) in [6.07, 6.45) is 0.918. The number of nitrogens with one attached hydrogen (secondary N) is 1. The number of benzene rings is 2. The lowest BCUT2D eigenvalue weighted by atomic mass is 10.1. The van der Waals surface area contributed by atoms with E-state index in [4.69, 9.17) is 9.47 Å². The summed E-state index contributed by atoms with van der Waals surface area (Å²) in [4.78, 5) is 12.1. The van der Waals surface area contributed by atoms with Crippen LogP contribution in [0.15, 0.2) is 42.5 Å². The van der Waals surface area contributed by atoms with Gasteiger partial charge in [-0.3, -0.25) is 4.79 Å². The Labute approximate surface area is 137 Å². The Hall–Kier alpha value is -2.49. The van der Waals surface area contributed by atoms with E-state index >= 15 is 0 Å². The molecule has 0 fully saturated rings. The van der Waals surface area contributed by atoms with Crippen molar-refractivity contribution in [3.63, 3.8) is 0 Å². The van der Waals surface area contributed by atoms with E-state index in [1.165, 1.54) is 0 Å². The molecule has 0 saturated heterocycles. The van der Waals surface area contributed by atoms with Gasteiger partial charge in [-0.25, -0.2) is 0 Å². The molecule has 0 bridgehead atoms. The molecular weight excluding hydrogens is 290 g/mol. The fraction of sp³-hybridized carbons (Fsp3) is 0.316. The van der Waals surface area contributed by atoms with Crippen molar-refractivity contribution >= 4 is 11.6 Å². The van der Waals surface area contributed by atoms with Crippen LogP contribution in [0.25, 0.3) is 0 Å². The van der Waals surface area contributed by atoms with Crippen molar-refractivity contribution < 1.29 is 14.3 Å². The zero-order chi connectivity index (χ0) is 16.7. The van der Waals surface area contributed by atoms with Gasteiger partial charge in [0.1, 0.15) is 0 Å². The van der Waals surface area contributed by atoms with Gasteiger partial charge in [0.25, 0.3) is 5.91 Å². The molecule has 0 aromatic heterocycles. The van der Waals surface area contributed by atoms with Crippen molar-refractivity contribution in [3.05, 3.63) is 53.6 Å². The van der Waals surface area contributed by atoms with Crippen LogP contribution in [0.4, 0.5) is 5.69 Å². The molecule has 0 spiro atoms. The molecule has 2 aromatic carbocycles. The summed E-state index contributed by atoms with van der Waals surface area (Å²) in [6, 6.07) is 13.3. The third kappa shape index (κ3) is 4.74. The molecule has 0 saturated carbocycles. The van der Waals surface area contributed by atoms with E-state index in [2.05, 4.69) is 5.32 Å². The normalized spacial score (nSPS) is 10.2. The number of hydrogen-bond acceptors (Lipinski definition) is 3. The summed E-state index contributed by atoms with van der Waals surface area (Å²) >= 11 is 0. The molecule has 0 heterocycles. The number of anilines is 1. The zero-order valence-corrected chi connectivity index (χ0v) is 13.9. The predicted octanol–water partition coefficient (Wildman–Crippen LogP) is 4.11. The Morgan fingerprint density at radius 1 is 0.957 bits per heavy atom.